The molecule has 0 fully saturated rings. The van der Waals surface area contributed by atoms with E-state index in [0.717, 1.165) is 12.1 Å². The molecule has 3 heteroatoms. The molecule has 3 aromatic rings. The molecule has 0 atom stereocenters. The topological polar surface area (TPSA) is 40.7 Å². The fraction of sp³-hybridized carbons (Fsp3) is 0.267. The van der Waals surface area contributed by atoms with Gasteiger partial charge in [0.2, 0.25) is 0 Å². The number of aromatic nitrogens is 2. The molecule has 0 saturated heterocycles. The Labute approximate surface area is 106 Å². The van der Waals surface area contributed by atoms with E-state index in [0.29, 0.717) is 6.04 Å². The zero-order valence-corrected chi connectivity index (χ0v) is 10.7. The van der Waals surface area contributed by atoms with Gasteiger partial charge < -0.3 is 10.3 Å². The zero-order valence-electron chi connectivity index (χ0n) is 10.7. The first kappa shape index (κ1) is 11.2. The number of nitrogens with zero attached hydrogens (tertiary/aromatic N) is 1. The third-order valence-corrected chi connectivity index (χ3v) is 3.18. The van der Waals surface area contributed by atoms with Crippen molar-refractivity contribution in [2.75, 3.05) is 0 Å². The van der Waals surface area contributed by atoms with Gasteiger partial charge in [0.1, 0.15) is 0 Å². The molecule has 0 spiro atoms. The number of fused-ring (bicyclic) bond motifs is 3. The zero-order chi connectivity index (χ0) is 12.5. The van der Waals surface area contributed by atoms with Crippen LogP contribution in [-0.2, 0) is 6.54 Å². The number of hydrogen-bond acceptors (Lipinski definition) is 2. The lowest BCUT2D eigenvalue weighted by molar-refractivity contribution is 0.589. The van der Waals surface area contributed by atoms with E-state index >= 15 is 0 Å². The average Bonchev–Trinajstić information content (AvgIpc) is 2.73. The van der Waals surface area contributed by atoms with Gasteiger partial charge in [0.25, 0.3) is 0 Å². The Morgan fingerprint density at radius 2 is 2.06 bits per heavy atom. The van der Waals surface area contributed by atoms with Crippen LogP contribution in [0.4, 0.5) is 0 Å². The number of H-pyrrole nitrogens is 1. The molecule has 0 radical (unpaired) electrons. The molecule has 0 aliphatic carbocycles. The first-order valence-electron chi connectivity index (χ1n) is 6.32. The Bertz CT molecular complexity index is 682. The van der Waals surface area contributed by atoms with Gasteiger partial charge in [-0.2, -0.15) is 0 Å². The van der Waals surface area contributed by atoms with E-state index in [2.05, 4.69) is 47.3 Å². The van der Waals surface area contributed by atoms with Crippen LogP contribution >= 0.6 is 0 Å². The van der Waals surface area contributed by atoms with Crippen molar-refractivity contribution in [2.45, 2.75) is 26.4 Å². The number of rotatable bonds is 3. The Morgan fingerprint density at radius 1 is 1.17 bits per heavy atom. The minimum absolute atomic E-state index is 0.507. The molecule has 2 aromatic heterocycles. The highest BCUT2D eigenvalue weighted by Gasteiger charge is 2.04. The van der Waals surface area contributed by atoms with Crippen molar-refractivity contribution in [3.8, 4) is 0 Å². The molecular weight excluding hydrogens is 222 g/mol. The Balaban J connectivity index is 2.04. The molecule has 1 aromatic carbocycles. The van der Waals surface area contributed by atoms with Crippen LogP contribution in [0.15, 0.2) is 36.7 Å². The molecule has 0 aliphatic heterocycles. The van der Waals surface area contributed by atoms with Gasteiger partial charge in [-0.1, -0.05) is 26.0 Å². The van der Waals surface area contributed by atoms with E-state index in [-0.39, 0.29) is 0 Å². The Morgan fingerprint density at radius 3 is 2.89 bits per heavy atom. The number of benzene rings is 1. The van der Waals surface area contributed by atoms with Crippen molar-refractivity contribution in [1.29, 1.82) is 0 Å². The van der Waals surface area contributed by atoms with Gasteiger partial charge in [-0.05, 0) is 17.7 Å². The number of nitrogens with one attached hydrogen (secondary N) is 2. The lowest BCUT2D eigenvalue weighted by atomic mass is 10.1. The molecule has 3 rings (SSSR count). The van der Waals surface area contributed by atoms with Gasteiger partial charge in [0.15, 0.2) is 0 Å². The second-order valence-electron chi connectivity index (χ2n) is 4.96. The molecule has 92 valence electrons. The van der Waals surface area contributed by atoms with Crippen molar-refractivity contribution < 1.29 is 0 Å². The number of pyridine rings is 1. The van der Waals surface area contributed by atoms with Crippen molar-refractivity contribution in [3.05, 3.63) is 42.2 Å². The second-order valence-corrected chi connectivity index (χ2v) is 4.96. The first-order chi connectivity index (χ1) is 8.74. The van der Waals surface area contributed by atoms with Crippen molar-refractivity contribution >= 4 is 21.8 Å². The molecule has 0 aliphatic rings. The van der Waals surface area contributed by atoms with Crippen LogP contribution in [0.1, 0.15) is 19.4 Å². The SMILES string of the molecule is CC(C)NCc1ccc2c(c1)[nH]c1ccncc12. The predicted octanol–water partition coefficient (Wildman–Crippen LogP) is 3.21. The van der Waals surface area contributed by atoms with Crippen molar-refractivity contribution in [3.63, 3.8) is 0 Å². The number of hydrogen-bond donors (Lipinski definition) is 2. The summed E-state index contributed by atoms with van der Waals surface area (Å²) < 4.78 is 0. The van der Waals surface area contributed by atoms with Crippen LogP contribution in [0, 0.1) is 0 Å². The summed E-state index contributed by atoms with van der Waals surface area (Å²) >= 11 is 0. The van der Waals surface area contributed by atoms with Gasteiger partial charge in [0.05, 0.1) is 0 Å². The lowest BCUT2D eigenvalue weighted by Crippen LogP contribution is -2.21. The summed E-state index contributed by atoms with van der Waals surface area (Å²) in [7, 11) is 0. The molecule has 0 bridgehead atoms. The van der Waals surface area contributed by atoms with Gasteiger partial charge in [-0.25, -0.2) is 0 Å². The molecule has 0 unspecified atom stereocenters. The minimum atomic E-state index is 0.507. The Kier molecular flexibility index (Phi) is 2.76. The van der Waals surface area contributed by atoms with Gasteiger partial charge >= 0.3 is 0 Å². The highest BCUT2D eigenvalue weighted by molar-refractivity contribution is 6.06. The summed E-state index contributed by atoms with van der Waals surface area (Å²) in [5.41, 5.74) is 3.63. The van der Waals surface area contributed by atoms with E-state index in [4.69, 9.17) is 0 Å². The number of aromatic amines is 1. The highest BCUT2D eigenvalue weighted by atomic mass is 14.9. The van der Waals surface area contributed by atoms with Crippen LogP contribution in [0.3, 0.4) is 0 Å². The second kappa shape index (κ2) is 4.42. The van der Waals surface area contributed by atoms with E-state index in [9.17, 15) is 0 Å². The summed E-state index contributed by atoms with van der Waals surface area (Å²) in [5.74, 6) is 0. The summed E-state index contributed by atoms with van der Waals surface area (Å²) in [6, 6.07) is 9.09. The summed E-state index contributed by atoms with van der Waals surface area (Å²) in [6.45, 7) is 5.22. The molecule has 0 amide bonds. The normalized spacial score (nSPS) is 11.7. The average molecular weight is 239 g/mol. The molecule has 18 heavy (non-hydrogen) atoms. The molecule has 2 heterocycles. The maximum Gasteiger partial charge on any atom is 0.0495 e. The van der Waals surface area contributed by atoms with Crippen molar-refractivity contribution in [1.82, 2.24) is 15.3 Å². The van der Waals surface area contributed by atoms with Gasteiger partial charge in [-0.3, -0.25) is 4.98 Å². The minimum Gasteiger partial charge on any atom is -0.354 e. The van der Waals surface area contributed by atoms with Crippen molar-refractivity contribution in [2.24, 2.45) is 0 Å². The van der Waals surface area contributed by atoms with E-state index in [1.54, 1.807) is 0 Å². The van der Waals surface area contributed by atoms with E-state index in [1.165, 1.54) is 21.9 Å². The predicted molar refractivity (Wildman–Crippen MR) is 75.6 cm³/mol. The molecular formula is C15H17N3. The third kappa shape index (κ3) is 1.97. The Hall–Kier alpha value is -1.87. The van der Waals surface area contributed by atoms with E-state index in [1.807, 2.05) is 18.5 Å². The highest BCUT2D eigenvalue weighted by Crippen LogP contribution is 2.25. The van der Waals surface area contributed by atoms with Crippen LogP contribution in [0.2, 0.25) is 0 Å². The summed E-state index contributed by atoms with van der Waals surface area (Å²) in [6.07, 6.45) is 3.74. The summed E-state index contributed by atoms with van der Waals surface area (Å²) in [4.78, 5) is 7.62. The monoisotopic (exact) mass is 239 g/mol. The summed E-state index contributed by atoms with van der Waals surface area (Å²) in [5, 5.41) is 5.87. The first-order valence-corrected chi connectivity index (χ1v) is 6.32. The van der Waals surface area contributed by atoms with Crippen LogP contribution in [-0.4, -0.2) is 16.0 Å². The quantitative estimate of drug-likeness (QED) is 0.736. The van der Waals surface area contributed by atoms with Gasteiger partial charge in [-0.15, -0.1) is 0 Å². The molecule has 0 saturated carbocycles. The van der Waals surface area contributed by atoms with Crippen LogP contribution in [0.25, 0.3) is 21.8 Å². The van der Waals surface area contributed by atoms with Crippen LogP contribution in [0.5, 0.6) is 0 Å². The third-order valence-electron chi connectivity index (χ3n) is 3.18. The largest absolute Gasteiger partial charge is 0.354 e. The van der Waals surface area contributed by atoms with Gasteiger partial charge in [0, 0.05) is 46.8 Å². The van der Waals surface area contributed by atoms with Crippen LogP contribution < -0.4 is 5.32 Å². The van der Waals surface area contributed by atoms with E-state index < -0.39 is 0 Å². The standard InChI is InChI=1S/C15H17N3/c1-10(2)17-8-11-3-4-12-13-9-16-6-5-14(13)18-15(12)7-11/h3-7,9-10,17-18H,8H2,1-2H3. The molecule has 2 N–H and O–H groups in total. The maximum atomic E-state index is 4.18. The fourth-order valence-corrected chi connectivity index (χ4v) is 2.22. The fourth-order valence-electron chi connectivity index (χ4n) is 2.22. The molecule has 3 nitrogen and oxygen atoms in total. The maximum absolute atomic E-state index is 4.18. The smallest absolute Gasteiger partial charge is 0.0495 e. The lowest BCUT2D eigenvalue weighted by Gasteiger charge is -2.07.